The molecule has 1 saturated heterocycles. The Bertz CT molecular complexity index is 1480. The first-order valence-corrected chi connectivity index (χ1v) is 16.7. The highest BCUT2D eigenvalue weighted by atomic mass is 16.7. The lowest BCUT2D eigenvalue weighted by Gasteiger charge is -2.36. The van der Waals surface area contributed by atoms with Crippen LogP contribution in [0.3, 0.4) is 0 Å². The minimum Gasteiger partial charge on any atom is -0.463 e. The predicted octanol–water partition coefficient (Wildman–Crippen LogP) is 4.24. The molecule has 2 aromatic rings. The van der Waals surface area contributed by atoms with Crippen molar-refractivity contribution in [3.05, 3.63) is 70.4 Å². The van der Waals surface area contributed by atoms with Crippen molar-refractivity contribution >= 4 is 23.4 Å². The Morgan fingerprint density at radius 3 is 2.59 bits per heavy atom. The number of carbonyl (C=O) groups is 3. The van der Waals surface area contributed by atoms with Crippen LogP contribution >= 0.6 is 0 Å². The van der Waals surface area contributed by atoms with Gasteiger partial charge in [-0.25, -0.2) is 9.78 Å². The SMILES string of the molecule is CCNC1CCC(CC)CC1COC(=O)C12OC1(CC(CO)=C(C)CCc1ccnc(NCNC)c1)C(=O)c1ccccc1C2=O. The third-order valence-electron chi connectivity index (χ3n) is 10.1. The first kappa shape index (κ1) is 33.9. The second-order valence-corrected chi connectivity index (χ2v) is 12.9. The van der Waals surface area contributed by atoms with Crippen molar-refractivity contribution in [3.63, 3.8) is 0 Å². The number of allylic oxidation sites excluding steroid dienone is 1. The molecule has 5 atom stereocenters. The number of aromatic nitrogens is 1. The minimum atomic E-state index is -2.06. The normalized spacial score (nSPS) is 27.4. The summed E-state index contributed by atoms with van der Waals surface area (Å²) < 4.78 is 12.1. The van der Waals surface area contributed by atoms with Crippen LogP contribution in [0.2, 0.25) is 0 Å². The van der Waals surface area contributed by atoms with Crippen LogP contribution in [0.25, 0.3) is 0 Å². The van der Waals surface area contributed by atoms with Crippen molar-refractivity contribution < 1.29 is 29.0 Å². The smallest absolute Gasteiger partial charge is 0.350 e. The van der Waals surface area contributed by atoms with Gasteiger partial charge in [0.2, 0.25) is 5.78 Å². The summed E-state index contributed by atoms with van der Waals surface area (Å²) in [6, 6.07) is 10.7. The van der Waals surface area contributed by atoms with Crippen molar-refractivity contribution in [2.75, 3.05) is 38.8 Å². The molecule has 2 aliphatic carbocycles. The van der Waals surface area contributed by atoms with E-state index in [1.807, 2.05) is 26.1 Å². The number of ether oxygens (including phenoxy) is 2. The van der Waals surface area contributed by atoms with Crippen molar-refractivity contribution in [2.45, 2.75) is 83.0 Å². The number of fused-ring (bicyclic) bond motifs is 2. The van der Waals surface area contributed by atoms with E-state index in [0.717, 1.165) is 49.2 Å². The molecule has 10 nitrogen and oxygen atoms in total. The van der Waals surface area contributed by atoms with Crippen LogP contribution in [0.1, 0.15) is 85.6 Å². The van der Waals surface area contributed by atoms with Gasteiger partial charge in [0, 0.05) is 35.7 Å². The Morgan fingerprint density at radius 1 is 1.13 bits per heavy atom. The van der Waals surface area contributed by atoms with Crippen molar-refractivity contribution in [1.82, 2.24) is 15.6 Å². The first-order chi connectivity index (χ1) is 22.2. The molecule has 46 heavy (non-hydrogen) atoms. The number of aryl methyl sites for hydroxylation is 1. The lowest BCUT2D eigenvalue weighted by Crippen LogP contribution is -2.51. The van der Waals surface area contributed by atoms with Crippen LogP contribution in [0, 0.1) is 11.8 Å². The number of nitrogens with one attached hydrogen (secondary N) is 3. The zero-order valence-corrected chi connectivity index (χ0v) is 27.5. The van der Waals surface area contributed by atoms with E-state index in [0.29, 0.717) is 31.0 Å². The number of ketones is 2. The molecular formula is C36H48N4O6. The second-order valence-electron chi connectivity index (χ2n) is 12.9. The predicted molar refractivity (Wildman–Crippen MR) is 176 cm³/mol. The number of esters is 1. The maximum absolute atomic E-state index is 14.1. The highest BCUT2D eigenvalue weighted by Crippen LogP contribution is 2.59. The Morgan fingerprint density at radius 2 is 1.89 bits per heavy atom. The fraction of sp³-hybridized carbons (Fsp3) is 0.556. The van der Waals surface area contributed by atoms with Crippen molar-refractivity contribution in [3.8, 4) is 0 Å². The second kappa shape index (κ2) is 14.5. The van der Waals surface area contributed by atoms with E-state index in [-0.39, 0.29) is 42.7 Å². The number of epoxide rings is 1. The molecule has 0 spiro atoms. The standard InChI is InChI=1S/C36H48N4O6/c1-5-24-13-14-30(38-6-2)26(17-24)21-45-34(44)36-33(43)29-10-8-7-9-28(29)32(42)35(36,46-36)19-27(20-41)23(3)11-12-25-15-16-39-31(18-25)40-22-37-4/h7-10,15-16,18,24,26,30,37-38,41H,5-6,11-14,17,19-22H2,1-4H3,(H,39,40). The van der Waals surface area contributed by atoms with Crippen LogP contribution in [-0.4, -0.2) is 78.3 Å². The highest BCUT2D eigenvalue weighted by Gasteiger charge is 2.85. The first-order valence-electron chi connectivity index (χ1n) is 16.7. The Labute approximate surface area is 271 Å². The van der Waals surface area contributed by atoms with Gasteiger partial charge in [0.05, 0.1) is 19.9 Å². The summed E-state index contributed by atoms with van der Waals surface area (Å²) in [6.07, 6.45) is 7.07. The van der Waals surface area contributed by atoms with Gasteiger partial charge >= 0.3 is 5.97 Å². The number of aliphatic hydroxyl groups excluding tert-OH is 1. The van der Waals surface area contributed by atoms with Crippen LogP contribution in [0.4, 0.5) is 5.82 Å². The summed E-state index contributed by atoms with van der Waals surface area (Å²) in [5.74, 6) is -0.388. The molecule has 4 N–H and O–H groups in total. The molecule has 2 fully saturated rings. The van der Waals surface area contributed by atoms with Gasteiger partial charge in [-0.2, -0.15) is 0 Å². The number of hydrogen-bond donors (Lipinski definition) is 4. The fourth-order valence-electron chi connectivity index (χ4n) is 7.29. The minimum absolute atomic E-state index is 0.0734. The Kier molecular flexibility index (Phi) is 10.7. The van der Waals surface area contributed by atoms with Gasteiger partial charge in [0.25, 0.3) is 5.60 Å². The molecular weight excluding hydrogens is 584 g/mol. The zero-order chi connectivity index (χ0) is 32.9. The third-order valence-corrected chi connectivity index (χ3v) is 10.1. The van der Waals surface area contributed by atoms with E-state index in [2.05, 4.69) is 34.8 Å². The van der Waals surface area contributed by atoms with Gasteiger partial charge in [-0.05, 0) is 81.8 Å². The molecule has 1 aromatic carbocycles. The summed E-state index contributed by atoms with van der Waals surface area (Å²) in [7, 11) is 1.85. The summed E-state index contributed by atoms with van der Waals surface area (Å²) in [5.41, 5.74) is -0.921. The van der Waals surface area contributed by atoms with Gasteiger partial charge in [-0.1, -0.05) is 50.1 Å². The largest absolute Gasteiger partial charge is 0.463 e. The lowest BCUT2D eigenvalue weighted by molar-refractivity contribution is -0.150. The molecule has 1 saturated carbocycles. The van der Waals surface area contributed by atoms with Gasteiger partial charge in [-0.15, -0.1) is 0 Å². The molecule has 3 aliphatic rings. The van der Waals surface area contributed by atoms with E-state index < -0.39 is 28.7 Å². The monoisotopic (exact) mass is 632 g/mol. The van der Waals surface area contributed by atoms with E-state index in [4.69, 9.17) is 9.47 Å². The number of hydrogen-bond acceptors (Lipinski definition) is 10. The molecule has 10 heteroatoms. The quantitative estimate of drug-likeness (QED) is 0.0741. The molecule has 0 bridgehead atoms. The van der Waals surface area contributed by atoms with Gasteiger partial charge in [0.15, 0.2) is 11.4 Å². The Hall–Kier alpha value is -3.44. The number of benzene rings is 1. The van der Waals surface area contributed by atoms with E-state index >= 15 is 0 Å². The summed E-state index contributed by atoms with van der Waals surface area (Å²) in [4.78, 5) is 46.5. The molecule has 0 amide bonds. The molecule has 248 valence electrons. The number of pyridine rings is 1. The van der Waals surface area contributed by atoms with Crippen LogP contribution in [0.5, 0.6) is 0 Å². The summed E-state index contributed by atoms with van der Waals surface area (Å²) in [6.45, 7) is 7.37. The molecule has 5 rings (SSSR count). The van der Waals surface area contributed by atoms with E-state index in [1.165, 1.54) is 0 Å². The molecule has 2 heterocycles. The lowest BCUT2D eigenvalue weighted by atomic mass is 9.71. The zero-order valence-electron chi connectivity index (χ0n) is 27.5. The highest BCUT2D eigenvalue weighted by molar-refractivity contribution is 6.32. The van der Waals surface area contributed by atoms with Crippen LogP contribution < -0.4 is 16.0 Å². The number of aliphatic hydroxyl groups is 1. The molecule has 0 radical (unpaired) electrons. The summed E-state index contributed by atoms with van der Waals surface area (Å²) >= 11 is 0. The van der Waals surface area contributed by atoms with E-state index in [1.54, 1.807) is 30.5 Å². The summed E-state index contributed by atoms with van der Waals surface area (Å²) in [5, 5.41) is 20.3. The number of carbonyl (C=O) groups excluding carboxylic acids is 3. The topological polar surface area (TPSA) is 142 Å². The van der Waals surface area contributed by atoms with Crippen LogP contribution in [0.15, 0.2) is 53.7 Å². The fourth-order valence-corrected chi connectivity index (χ4v) is 7.29. The number of nitrogens with zero attached hydrogens (tertiary/aromatic N) is 1. The van der Waals surface area contributed by atoms with Crippen LogP contribution in [-0.2, 0) is 20.7 Å². The average molecular weight is 633 g/mol. The Balaban J connectivity index is 1.39. The number of anilines is 1. The average Bonchev–Trinajstić information content (AvgIpc) is 3.79. The van der Waals surface area contributed by atoms with Crippen molar-refractivity contribution in [1.29, 1.82) is 0 Å². The van der Waals surface area contributed by atoms with E-state index in [9.17, 15) is 19.5 Å². The van der Waals surface area contributed by atoms with Gasteiger partial charge < -0.3 is 30.5 Å². The number of Topliss-reactive ketones (excluding diaryl/α,β-unsaturated/α-hetero) is 2. The maximum Gasteiger partial charge on any atom is 0.350 e. The molecule has 1 aliphatic heterocycles. The van der Waals surface area contributed by atoms with Gasteiger partial charge in [-0.3, -0.25) is 9.59 Å². The maximum atomic E-state index is 14.1. The van der Waals surface area contributed by atoms with Gasteiger partial charge in [0.1, 0.15) is 5.82 Å². The van der Waals surface area contributed by atoms with Crippen molar-refractivity contribution in [2.24, 2.45) is 11.8 Å². The molecule has 1 aromatic heterocycles. The number of rotatable bonds is 15. The third kappa shape index (κ3) is 6.40. The molecule has 5 unspecified atom stereocenters.